The van der Waals surface area contributed by atoms with Crippen molar-refractivity contribution >= 4 is 11.7 Å². The van der Waals surface area contributed by atoms with Gasteiger partial charge < -0.3 is 24.3 Å². The van der Waals surface area contributed by atoms with Gasteiger partial charge in [-0.15, -0.1) is 0 Å². The Morgan fingerprint density at radius 3 is 2.81 bits per heavy atom. The minimum Gasteiger partial charge on any atom is -0.486 e. The summed E-state index contributed by atoms with van der Waals surface area (Å²) in [6, 6.07) is 5.76. The summed E-state index contributed by atoms with van der Waals surface area (Å²) >= 11 is 0. The zero-order valence-electron chi connectivity index (χ0n) is 16.1. The minimum atomic E-state index is -0.0893. The molecule has 27 heavy (non-hydrogen) atoms. The lowest BCUT2D eigenvalue weighted by Crippen LogP contribution is -2.33. The molecular weight excluding hydrogens is 344 g/mol. The normalized spacial score (nSPS) is 18.8. The van der Waals surface area contributed by atoms with E-state index in [-0.39, 0.29) is 11.9 Å². The molecule has 0 aliphatic carbocycles. The fourth-order valence-corrected chi connectivity index (χ4v) is 3.92. The number of rotatable bonds is 3. The second-order valence-electron chi connectivity index (χ2n) is 7.44. The number of amides is 2. The highest BCUT2D eigenvalue weighted by Crippen LogP contribution is 2.33. The summed E-state index contributed by atoms with van der Waals surface area (Å²) in [6.07, 6.45) is 2.85. The zero-order chi connectivity index (χ0) is 19.0. The summed E-state index contributed by atoms with van der Waals surface area (Å²) in [5.74, 6) is 2.74. The van der Waals surface area contributed by atoms with Crippen molar-refractivity contribution in [2.24, 2.45) is 0 Å². The van der Waals surface area contributed by atoms with E-state index in [0.29, 0.717) is 37.2 Å². The largest absolute Gasteiger partial charge is 0.486 e. The fourth-order valence-electron chi connectivity index (χ4n) is 3.92. The van der Waals surface area contributed by atoms with Crippen LogP contribution in [-0.2, 0) is 0 Å². The Bertz CT molecular complexity index is 846. The molecule has 7 heteroatoms. The number of benzene rings is 1. The topological polar surface area (TPSA) is 68.6 Å². The van der Waals surface area contributed by atoms with E-state index in [4.69, 9.17) is 9.47 Å². The Kier molecular flexibility index (Phi) is 4.68. The van der Waals surface area contributed by atoms with Crippen LogP contribution in [-0.4, -0.2) is 46.8 Å². The maximum atomic E-state index is 12.7. The molecule has 2 amide bonds. The van der Waals surface area contributed by atoms with Crippen LogP contribution in [0.5, 0.6) is 11.5 Å². The van der Waals surface area contributed by atoms with E-state index in [1.807, 2.05) is 29.3 Å². The number of likely N-dealkylation sites (tertiary alicyclic amines) is 1. The summed E-state index contributed by atoms with van der Waals surface area (Å²) in [7, 11) is 0. The first-order chi connectivity index (χ1) is 13.0. The van der Waals surface area contributed by atoms with Crippen LogP contribution in [0.1, 0.15) is 43.7 Å². The molecule has 1 aromatic carbocycles. The highest BCUT2D eigenvalue weighted by atomic mass is 16.6. The van der Waals surface area contributed by atoms with E-state index in [0.717, 1.165) is 24.5 Å². The average molecular weight is 370 g/mol. The van der Waals surface area contributed by atoms with E-state index in [1.54, 1.807) is 0 Å². The quantitative estimate of drug-likeness (QED) is 0.897. The molecule has 1 unspecified atom stereocenters. The third-order valence-electron chi connectivity index (χ3n) is 5.16. The van der Waals surface area contributed by atoms with Gasteiger partial charge in [0.15, 0.2) is 11.5 Å². The van der Waals surface area contributed by atoms with Crippen LogP contribution >= 0.6 is 0 Å². The Morgan fingerprint density at radius 1 is 1.26 bits per heavy atom. The van der Waals surface area contributed by atoms with Crippen LogP contribution in [0, 0.1) is 6.92 Å². The van der Waals surface area contributed by atoms with Crippen molar-refractivity contribution in [3.8, 4) is 11.5 Å². The summed E-state index contributed by atoms with van der Waals surface area (Å²) in [6.45, 7) is 8.90. The Morgan fingerprint density at radius 2 is 2.04 bits per heavy atom. The van der Waals surface area contributed by atoms with Gasteiger partial charge in [0.1, 0.15) is 19.0 Å². The average Bonchev–Trinajstić information content (AvgIpc) is 3.28. The van der Waals surface area contributed by atoms with Gasteiger partial charge in [-0.05, 0) is 39.3 Å². The van der Waals surface area contributed by atoms with Gasteiger partial charge in [-0.25, -0.2) is 9.78 Å². The maximum Gasteiger partial charge on any atom is 0.321 e. The number of anilines is 1. The van der Waals surface area contributed by atoms with Crippen molar-refractivity contribution in [3.05, 3.63) is 35.9 Å². The number of hydrogen-bond donors (Lipinski definition) is 1. The molecule has 0 spiro atoms. The monoisotopic (exact) mass is 370 g/mol. The van der Waals surface area contributed by atoms with Gasteiger partial charge in [-0.3, -0.25) is 0 Å². The van der Waals surface area contributed by atoms with Gasteiger partial charge in [0.2, 0.25) is 0 Å². The molecule has 7 nitrogen and oxygen atoms in total. The SMILES string of the molecule is Cc1cnc(C2CCN(C(=O)Nc3ccc4c(c3)OCCO4)C2)n1C(C)C. The molecule has 1 aromatic heterocycles. The first-order valence-corrected chi connectivity index (χ1v) is 9.52. The molecule has 1 fully saturated rings. The maximum absolute atomic E-state index is 12.7. The Balaban J connectivity index is 1.42. The van der Waals surface area contributed by atoms with Gasteiger partial charge >= 0.3 is 6.03 Å². The molecule has 0 saturated carbocycles. The molecule has 4 rings (SSSR count). The number of aromatic nitrogens is 2. The molecule has 144 valence electrons. The lowest BCUT2D eigenvalue weighted by molar-refractivity contribution is 0.171. The van der Waals surface area contributed by atoms with Gasteiger partial charge in [0.25, 0.3) is 0 Å². The van der Waals surface area contributed by atoms with Gasteiger partial charge in [0, 0.05) is 48.7 Å². The van der Waals surface area contributed by atoms with Crippen molar-refractivity contribution in [2.75, 3.05) is 31.6 Å². The third-order valence-corrected chi connectivity index (χ3v) is 5.16. The van der Waals surface area contributed by atoms with Crippen LogP contribution in [0.2, 0.25) is 0 Å². The number of carbonyl (C=O) groups is 1. The van der Waals surface area contributed by atoms with E-state index in [2.05, 4.69) is 35.6 Å². The lowest BCUT2D eigenvalue weighted by atomic mass is 10.1. The number of nitrogens with one attached hydrogen (secondary N) is 1. The molecule has 0 bridgehead atoms. The molecular formula is C20H26N4O3. The van der Waals surface area contributed by atoms with Gasteiger partial charge in [0.05, 0.1) is 0 Å². The molecule has 1 saturated heterocycles. The van der Waals surface area contributed by atoms with E-state index in [9.17, 15) is 4.79 Å². The van der Waals surface area contributed by atoms with Crippen LogP contribution in [0.3, 0.4) is 0 Å². The number of ether oxygens (including phenoxy) is 2. The summed E-state index contributed by atoms with van der Waals surface area (Å²) in [5.41, 5.74) is 1.88. The standard InChI is InChI=1S/C20H26N4O3/c1-13(2)24-14(3)11-21-19(24)15-6-7-23(12-15)20(25)22-16-4-5-17-18(10-16)27-9-8-26-17/h4-5,10-11,13,15H,6-9,12H2,1-3H3,(H,22,25). The molecule has 2 aliphatic heterocycles. The summed E-state index contributed by atoms with van der Waals surface area (Å²) < 4.78 is 13.4. The van der Waals surface area contributed by atoms with Crippen molar-refractivity contribution in [3.63, 3.8) is 0 Å². The Labute approximate surface area is 159 Å². The summed E-state index contributed by atoms with van der Waals surface area (Å²) in [5, 5.41) is 2.97. The number of carbonyl (C=O) groups excluding carboxylic acids is 1. The van der Waals surface area contributed by atoms with Gasteiger partial charge in [-0.2, -0.15) is 0 Å². The number of urea groups is 1. The second-order valence-corrected chi connectivity index (χ2v) is 7.44. The number of fused-ring (bicyclic) bond motifs is 1. The van der Waals surface area contributed by atoms with E-state index >= 15 is 0 Å². The molecule has 3 heterocycles. The first kappa shape index (κ1) is 17.7. The van der Waals surface area contributed by atoms with Crippen molar-refractivity contribution in [1.82, 2.24) is 14.5 Å². The molecule has 2 aromatic rings. The minimum absolute atomic E-state index is 0.0893. The smallest absolute Gasteiger partial charge is 0.321 e. The number of nitrogens with zero attached hydrogens (tertiary/aromatic N) is 3. The van der Waals surface area contributed by atoms with Crippen LogP contribution in [0.4, 0.5) is 10.5 Å². The fraction of sp³-hybridized carbons (Fsp3) is 0.500. The summed E-state index contributed by atoms with van der Waals surface area (Å²) in [4.78, 5) is 19.2. The van der Waals surface area contributed by atoms with Crippen molar-refractivity contribution in [2.45, 2.75) is 39.2 Å². The van der Waals surface area contributed by atoms with Crippen LogP contribution in [0.15, 0.2) is 24.4 Å². The van der Waals surface area contributed by atoms with Crippen molar-refractivity contribution < 1.29 is 14.3 Å². The predicted molar refractivity (Wildman–Crippen MR) is 103 cm³/mol. The van der Waals surface area contributed by atoms with E-state index < -0.39 is 0 Å². The first-order valence-electron chi connectivity index (χ1n) is 9.52. The highest BCUT2D eigenvalue weighted by molar-refractivity contribution is 5.90. The molecule has 1 N–H and O–H groups in total. The number of aryl methyl sites for hydroxylation is 1. The molecule has 0 radical (unpaired) electrons. The van der Waals surface area contributed by atoms with Crippen LogP contribution < -0.4 is 14.8 Å². The van der Waals surface area contributed by atoms with Gasteiger partial charge in [-0.1, -0.05) is 0 Å². The highest BCUT2D eigenvalue weighted by Gasteiger charge is 2.31. The lowest BCUT2D eigenvalue weighted by Gasteiger charge is -2.21. The van der Waals surface area contributed by atoms with Crippen LogP contribution in [0.25, 0.3) is 0 Å². The molecule has 2 aliphatic rings. The third kappa shape index (κ3) is 3.46. The van der Waals surface area contributed by atoms with Crippen molar-refractivity contribution in [1.29, 1.82) is 0 Å². The number of imidazole rings is 1. The Hall–Kier alpha value is -2.70. The second kappa shape index (κ2) is 7.13. The molecule has 1 atom stereocenters. The number of hydrogen-bond acceptors (Lipinski definition) is 4. The zero-order valence-corrected chi connectivity index (χ0v) is 16.1. The predicted octanol–water partition coefficient (Wildman–Crippen LogP) is 3.57. The van der Waals surface area contributed by atoms with E-state index in [1.165, 1.54) is 5.69 Å².